The van der Waals surface area contributed by atoms with E-state index in [4.69, 9.17) is 5.11 Å². The molecule has 2 N–H and O–H groups in total. The van der Waals surface area contributed by atoms with Crippen molar-refractivity contribution in [3.8, 4) is 0 Å². The number of aromatic nitrogens is 1. The molecule has 0 aliphatic carbocycles. The molecule has 0 aliphatic heterocycles. The average Bonchev–Trinajstić information content (AvgIpc) is 2.75. The Balaban J connectivity index is 2.48. The molecule has 1 heterocycles. The Kier molecular flexibility index (Phi) is 5.24. The molecule has 8 nitrogen and oxygen atoms in total. The first-order valence-corrected chi connectivity index (χ1v) is 6.15. The molecule has 1 atom stereocenters. The van der Waals surface area contributed by atoms with Crippen LogP contribution in [0.4, 0.5) is 5.82 Å². The van der Waals surface area contributed by atoms with Gasteiger partial charge in [0.15, 0.2) is 5.69 Å². The predicted molar refractivity (Wildman–Crippen MR) is 70.4 cm³/mol. The Morgan fingerprint density at radius 1 is 1.50 bits per heavy atom. The van der Waals surface area contributed by atoms with Gasteiger partial charge in [-0.05, 0) is 23.8 Å². The highest BCUT2D eigenvalue weighted by atomic mass is 16.6. The van der Waals surface area contributed by atoms with Crippen LogP contribution >= 0.6 is 0 Å². The number of carbonyl (C=O) groups is 2. The van der Waals surface area contributed by atoms with E-state index in [0.717, 1.165) is 0 Å². The normalized spacial score (nSPS) is 11.9. The van der Waals surface area contributed by atoms with E-state index in [2.05, 4.69) is 5.32 Å². The third-order valence-corrected chi connectivity index (χ3v) is 3.04. The monoisotopic (exact) mass is 283 g/mol. The van der Waals surface area contributed by atoms with E-state index >= 15 is 0 Å². The molecule has 0 radical (unpaired) electrons. The number of rotatable bonds is 7. The van der Waals surface area contributed by atoms with Crippen LogP contribution in [0.1, 0.15) is 30.3 Å². The summed E-state index contributed by atoms with van der Waals surface area (Å²) in [5.41, 5.74) is 0.197. The fraction of sp³-hybridized carbons (Fsp3) is 0.500. The first-order valence-electron chi connectivity index (χ1n) is 6.15. The largest absolute Gasteiger partial charge is 0.481 e. The summed E-state index contributed by atoms with van der Waals surface area (Å²) < 4.78 is 1.20. The fourth-order valence-electron chi connectivity index (χ4n) is 1.74. The number of nitrogens with one attached hydrogen (secondary N) is 1. The van der Waals surface area contributed by atoms with Crippen LogP contribution in [0.5, 0.6) is 0 Å². The molecule has 1 aromatic rings. The topological polar surface area (TPSA) is 114 Å². The molecule has 1 rings (SSSR count). The molecule has 0 fully saturated rings. The number of aliphatic carboxylic acids is 1. The molecule has 8 heteroatoms. The van der Waals surface area contributed by atoms with Gasteiger partial charge >= 0.3 is 11.8 Å². The van der Waals surface area contributed by atoms with Crippen LogP contribution < -0.4 is 5.32 Å². The quantitative estimate of drug-likeness (QED) is 0.442. The van der Waals surface area contributed by atoms with Crippen LogP contribution in [0.15, 0.2) is 12.1 Å². The Labute approximate surface area is 115 Å². The summed E-state index contributed by atoms with van der Waals surface area (Å²) in [4.78, 5) is 32.5. The minimum atomic E-state index is -0.866. The molecule has 0 bridgehead atoms. The lowest BCUT2D eigenvalue weighted by Gasteiger charge is -2.07. The van der Waals surface area contributed by atoms with Gasteiger partial charge < -0.3 is 20.5 Å². The number of hydrogen-bond acceptors (Lipinski definition) is 4. The van der Waals surface area contributed by atoms with E-state index in [9.17, 15) is 19.7 Å². The van der Waals surface area contributed by atoms with Crippen molar-refractivity contribution in [2.45, 2.75) is 19.8 Å². The minimum Gasteiger partial charge on any atom is -0.481 e. The fourth-order valence-corrected chi connectivity index (χ4v) is 1.74. The molecule has 1 amide bonds. The standard InChI is InChI=1S/C12H17N3O5/c1-8(12(17)18)4-3-7-13-11(16)9-5-6-10(14(9)2)15(19)20/h5-6,8H,3-4,7H2,1-2H3,(H,13,16)(H,17,18). The minimum absolute atomic E-state index is 0.158. The van der Waals surface area contributed by atoms with Crippen molar-refractivity contribution < 1.29 is 19.6 Å². The number of amides is 1. The maximum atomic E-state index is 11.8. The zero-order valence-corrected chi connectivity index (χ0v) is 11.3. The van der Waals surface area contributed by atoms with Gasteiger partial charge in [0.2, 0.25) is 0 Å². The number of carboxylic acid groups (broad SMARTS) is 1. The van der Waals surface area contributed by atoms with Crippen LogP contribution in [0.3, 0.4) is 0 Å². The van der Waals surface area contributed by atoms with Crippen LogP contribution in [0.25, 0.3) is 0 Å². The van der Waals surface area contributed by atoms with Crippen LogP contribution in [-0.4, -0.2) is 33.0 Å². The van der Waals surface area contributed by atoms with E-state index < -0.39 is 22.7 Å². The summed E-state index contributed by atoms with van der Waals surface area (Å²) in [6.07, 6.45) is 0.995. The van der Waals surface area contributed by atoms with E-state index in [0.29, 0.717) is 19.4 Å². The van der Waals surface area contributed by atoms with Crippen LogP contribution in [0.2, 0.25) is 0 Å². The first-order chi connectivity index (χ1) is 9.34. The summed E-state index contributed by atoms with van der Waals surface area (Å²) in [5.74, 6) is -1.89. The van der Waals surface area contributed by atoms with Gasteiger partial charge in [-0.1, -0.05) is 6.92 Å². The molecule has 110 valence electrons. The zero-order chi connectivity index (χ0) is 15.3. The van der Waals surface area contributed by atoms with Crippen molar-refractivity contribution in [2.24, 2.45) is 13.0 Å². The Morgan fingerprint density at radius 2 is 2.15 bits per heavy atom. The van der Waals surface area contributed by atoms with Gasteiger partial charge in [-0.25, -0.2) is 4.57 Å². The van der Waals surface area contributed by atoms with E-state index in [1.54, 1.807) is 6.92 Å². The molecule has 1 aromatic heterocycles. The van der Waals surface area contributed by atoms with E-state index in [1.165, 1.54) is 23.7 Å². The second-order valence-corrected chi connectivity index (χ2v) is 4.53. The van der Waals surface area contributed by atoms with Crippen molar-refractivity contribution in [2.75, 3.05) is 6.54 Å². The van der Waals surface area contributed by atoms with Crippen molar-refractivity contribution in [1.82, 2.24) is 9.88 Å². The molecule has 20 heavy (non-hydrogen) atoms. The smallest absolute Gasteiger partial charge is 0.323 e. The van der Waals surface area contributed by atoms with Gasteiger partial charge in [0.25, 0.3) is 5.91 Å². The third kappa shape index (κ3) is 3.81. The third-order valence-electron chi connectivity index (χ3n) is 3.04. The lowest BCUT2D eigenvalue weighted by atomic mass is 10.1. The van der Waals surface area contributed by atoms with Gasteiger partial charge in [-0.2, -0.15) is 0 Å². The first kappa shape index (κ1) is 15.7. The van der Waals surface area contributed by atoms with Crippen molar-refractivity contribution in [3.63, 3.8) is 0 Å². The number of nitro groups is 1. The summed E-state index contributed by atoms with van der Waals surface area (Å²) in [7, 11) is 1.44. The van der Waals surface area contributed by atoms with Gasteiger partial charge in [-0.3, -0.25) is 9.59 Å². The SMILES string of the molecule is CC(CCCNC(=O)c1ccc([N+](=O)[O-])n1C)C(=O)O. The Hall–Kier alpha value is -2.38. The second kappa shape index (κ2) is 6.69. The zero-order valence-electron chi connectivity index (χ0n) is 11.3. The molecule has 0 aliphatic rings. The molecule has 1 unspecified atom stereocenters. The molecule has 0 saturated carbocycles. The number of hydrogen-bond donors (Lipinski definition) is 2. The predicted octanol–water partition coefficient (Wildman–Crippen LogP) is 1.16. The van der Waals surface area contributed by atoms with Crippen molar-refractivity contribution >= 4 is 17.7 Å². The molecular formula is C12H17N3O5. The number of carboxylic acids is 1. The Morgan fingerprint density at radius 3 is 2.65 bits per heavy atom. The highest BCUT2D eigenvalue weighted by molar-refractivity contribution is 5.93. The van der Waals surface area contributed by atoms with Gasteiger partial charge in [0, 0.05) is 12.6 Å². The van der Waals surface area contributed by atoms with E-state index in [-0.39, 0.29) is 11.5 Å². The lowest BCUT2D eigenvalue weighted by molar-refractivity contribution is -0.391. The number of carbonyl (C=O) groups excluding carboxylic acids is 1. The Bertz CT molecular complexity index is 523. The van der Waals surface area contributed by atoms with E-state index in [1.807, 2.05) is 0 Å². The second-order valence-electron chi connectivity index (χ2n) is 4.53. The van der Waals surface area contributed by atoms with Gasteiger partial charge in [0.1, 0.15) is 0 Å². The van der Waals surface area contributed by atoms with Crippen LogP contribution in [-0.2, 0) is 11.8 Å². The summed E-state index contributed by atoms with van der Waals surface area (Å²) in [6, 6.07) is 2.65. The summed E-state index contributed by atoms with van der Waals surface area (Å²) in [5, 5.41) is 22.0. The summed E-state index contributed by atoms with van der Waals surface area (Å²) >= 11 is 0. The summed E-state index contributed by atoms with van der Waals surface area (Å²) in [6.45, 7) is 1.93. The molecule has 0 spiro atoms. The lowest BCUT2D eigenvalue weighted by Crippen LogP contribution is -2.27. The van der Waals surface area contributed by atoms with Gasteiger partial charge in [0.05, 0.1) is 13.0 Å². The molecule has 0 aromatic carbocycles. The molecule has 0 saturated heterocycles. The maximum absolute atomic E-state index is 11.8. The highest BCUT2D eigenvalue weighted by Gasteiger charge is 2.20. The molecular weight excluding hydrogens is 266 g/mol. The van der Waals surface area contributed by atoms with Gasteiger partial charge in [-0.15, -0.1) is 0 Å². The van der Waals surface area contributed by atoms with Crippen LogP contribution in [0, 0.1) is 16.0 Å². The number of nitrogens with zero attached hydrogens (tertiary/aromatic N) is 2. The highest BCUT2D eigenvalue weighted by Crippen LogP contribution is 2.14. The average molecular weight is 283 g/mol. The van der Waals surface area contributed by atoms with Crippen molar-refractivity contribution in [3.05, 3.63) is 27.9 Å². The van der Waals surface area contributed by atoms with Crippen molar-refractivity contribution in [1.29, 1.82) is 0 Å². The maximum Gasteiger partial charge on any atom is 0.323 e.